The number of rotatable bonds is 12. The van der Waals surface area contributed by atoms with E-state index in [1.54, 1.807) is 19.0 Å². The quantitative estimate of drug-likeness (QED) is 0.224. The maximum Gasteiger partial charge on any atom is 0.212 e. The fraction of sp³-hybridized carbons (Fsp3) is 0.600. The van der Waals surface area contributed by atoms with E-state index in [9.17, 15) is 27.1 Å². The van der Waals surface area contributed by atoms with Crippen molar-refractivity contribution in [2.24, 2.45) is 5.92 Å². The van der Waals surface area contributed by atoms with Crippen LogP contribution in [0.2, 0.25) is 0 Å². The summed E-state index contributed by atoms with van der Waals surface area (Å²) in [5, 5.41) is 16.1. The van der Waals surface area contributed by atoms with Crippen LogP contribution < -0.4 is 15.4 Å². The number of nitrogens with zero attached hydrogens (tertiary/aromatic N) is 2. The minimum Gasteiger partial charge on any atom is -0.374 e. The maximum absolute atomic E-state index is 14.9. The van der Waals surface area contributed by atoms with E-state index in [1.807, 2.05) is 13.8 Å². The Morgan fingerprint density at radius 1 is 1.13 bits per heavy atom. The molecular formula is C25H37F2N5O4S2. The van der Waals surface area contributed by atoms with Gasteiger partial charge < -0.3 is 20.6 Å². The van der Waals surface area contributed by atoms with Gasteiger partial charge in [0.05, 0.1) is 11.3 Å². The first kappa shape index (κ1) is 30.4. The predicted molar refractivity (Wildman–Crippen MR) is 146 cm³/mol. The molecule has 0 amide bonds. The van der Waals surface area contributed by atoms with E-state index in [4.69, 9.17) is 0 Å². The van der Waals surface area contributed by atoms with Gasteiger partial charge in [-0.15, -0.1) is 0 Å². The number of sulfonamides is 1. The van der Waals surface area contributed by atoms with Crippen LogP contribution in [0.5, 0.6) is 0 Å². The van der Waals surface area contributed by atoms with Gasteiger partial charge >= 0.3 is 0 Å². The van der Waals surface area contributed by atoms with Gasteiger partial charge in [0, 0.05) is 18.6 Å². The summed E-state index contributed by atoms with van der Waals surface area (Å²) in [7, 11) is 0.204. The van der Waals surface area contributed by atoms with Crippen LogP contribution in [0.25, 0.3) is 0 Å². The third-order valence-corrected chi connectivity index (χ3v) is 8.74. The van der Waals surface area contributed by atoms with Crippen LogP contribution in [0, 0.1) is 17.6 Å². The Hall–Kier alpha value is -2.19. The highest BCUT2D eigenvalue weighted by Crippen LogP contribution is 2.33. The van der Waals surface area contributed by atoms with E-state index in [2.05, 4.69) is 20.3 Å². The molecule has 1 aromatic carbocycles. The molecule has 9 nitrogen and oxygen atoms in total. The molecule has 0 bridgehead atoms. The Bertz CT molecular complexity index is 1200. The molecule has 1 atom stereocenters. The summed E-state index contributed by atoms with van der Waals surface area (Å²) in [6.45, 7) is 5.47. The molecular weight excluding hydrogens is 536 g/mol. The van der Waals surface area contributed by atoms with Gasteiger partial charge in [0.25, 0.3) is 0 Å². The summed E-state index contributed by atoms with van der Waals surface area (Å²) in [6.07, 6.45) is 1.57. The molecule has 2 aromatic rings. The van der Waals surface area contributed by atoms with Crippen molar-refractivity contribution in [3.05, 3.63) is 39.8 Å². The molecule has 3 rings (SSSR count). The lowest BCUT2D eigenvalue weighted by Crippen LogP contribution is -2.41. The lowest BCUT2D eigenvalue weighted by atomic mass is 9.92. The molecule has 1 unspecified atom stereocenters. The second-order valence-corrected chi connectivity index (χ2v) is 13.3. The van der Waals surface area contributed by atoms with Crippen LogP contribution in [0.1, 0.15) is 67.3 Å². The SMILES string of the molecule is CC(C)CS(=O)(=O)NC1CCC(Nc2nc(NC(C)O)c(C(=O)c3c(F)cc(CN(C)C)cc3F)s2)CC1. The van der Waals surface area contributed by atoms with Gasteiger partial charge in [-0.2, -0.15) is 0 Å². The van der Waals surface area contributed by atoms with Crippen LogP contribution in [-0.2, 0) is 16.6 Å². The first-order chi connectivity index (χ1) is 17.7. The summed E-state index contributed by atoms with van der Waals surface area (Å²) in [5.41, 5.74) is -0.275. The molecule has 1 aliphatic carbocycles. The Kier molecular flexibility index (Phi) is 10.2. The highest BCUT2D eigenvalue weighted by Gasteiger charge is 2.29. The van der Waals surface area contributed by atoms with Gasteiger partial charge in [-0.1, -0.05) is 25.2 Å². The summed E-state index contributed by atoms with van der Waals surface area (Å²) in [5.74, 6) is -2.64. The summed E-state index contributed by atoms with van der Waals surface area (Å²) >= 11 is 0.950. The molecule has 38 heavy (non-hydrogen) atoms. The van der Waals surface area contributed by atoms with Crippen molar-refractivity contribution in [2.75, 3.05) is 30.5 Å². The Morgan fingerprint density at radius 2 is 1.71 bits per heavy atom. The number of carbonyl (C=O) groups excluding carboxylic acids is 1. The van der Waals surface area contributed by atoms with Crippen molar-refractivity contribution in [3.63, 3.8) is 0 Å². The number of aliphatic hydroxyl groups excluding tert-OH is 1. The third-order valence-electron chi connectivity index (χ3n) is 5.96. The van der Waals surface area contributed by atoms with Gasteiger partial charge in [0.1, 0.15) is 22.7 Å². The Balaban J connectivity index is 1.74. The highest BCUT2D eigenvalue weighted by atomic mass is 32.2. The van der Waals surface area contributed by atoms with Gasteiger partial charge in [-0.3, -0.25) is 4.79 Å². The molecule has 1 fully saturated rings. The number of halogens is 2. The zero-order valence-electron chi connectivity index (χ0n) is 22.3. The van der Waals surface area contributed by atoms with Crippen molar-refractivity contribution in [3.8, 4) is 0 Å². The number of benzene rings is 1. The van der Waals surface area contributed by atoms with E-state index in [1.165, 1.54) is 6.92 Å². The summed E-state index contributed by atoms with van der Waals surface area (Å²) in [4.78, 5) is 19.4. The maximum atomic E-state index is 14.9. The number of anilines is 2. The number of aliphatic hydroxyl groups is 1. The fourth-order valence-electron chi connectivity index (χ4n) is 4.52. The van der Waals surface area contributed by atoms with Crippen molar-refractivity contribution in [2.45, 2.75) is 71.3 Å². The fourth-order valence-corrected chi connectivity index (χ4v) is 7.18. The third kappa shape index (κ3) is 8.40. The van der Waals surface area contributed by atoms with Gasteiger partial charge in [0.15, 0.2) is 10.9 Å². The van der Waals surface area contributed by atoms with E-state index in [-0.39, 0.29) is 34.4 Å². The minimum absolute atomic E-state index is 0.0202. The molecule has 13 heteroatoms. The lowest BCUT2D eigenvalue weighted by Gasteiger charge is -2.29. The van der Waals surface area contributed by atoms with Gasteiger partial charge in [-0.05, 0) is 70.3 Å². The molecule has 1 heterocycles. The normalized spacial score (nSPS) is 19.1. The first-order valence-electron chi connectivity index (χ1n) is 12.6. The molecule has 1 aliphatic rings. The standard InChI is InChI=1S/C25H37F2N5O4S2/c1-14(2)13-38(35,36)31-18-8-6-17(7-9-18)29-25-30-24(28-15(3)33)23(37-25)22(34)21-19(26)10-16(11-20(21)27)12-32(4)5/h10-11,14-15,17-18,28,31,33H,6-9,12-13H2,1-5H3,(H,29,30). The number of aromatic nitrogens is 1. The zero-order valence-corrected chi connectivity index (χ0v) is 24.0. The molecule has 1 saturated carbocycles. The highest BCUT2D eigenvalue weighted by molar-refractivity contribution is 7.89. The van der Waals surface area contributed by atoms with Crippen LogP contribution in [0.15, 0.2) is 12.1 Å². The van der Waals surface area contributed by atoms with Crippen molar-refractivity contribution >= 4 is 38.1 Å². The predicted octanol–water partition coefficient (Wildman–Crippen LogP) is 3.76. The van der Waals surface area contributed by atoms with E-state index in [0.29, 0.717) is 42.9 Å². The number of ketones is 1. The monoisotopic (exact) mass is 573 g/mol. The molecule has 1 aromatic heterocycles. The summed E-state index contributed by atoms with van der Waals surface area (Å²) < 4.78 is 57.0. The number of hydrogen-bond acceptors (Lipinski definition) is 9. The van der Waals surface area contributed by atoms with Crippen molar-refractivity contribution in [1.82, 2.24) is 14.6 Å². The second kappa shape index (κ2) is 12.8. The van der Waals surface area contributed by atoms with E-state index in [0.717, 1.165) is 23.5 Å². The summed E-state index contributed by atoms with van der Waals surface area (Å²) in [6, 6.07) is 2.13. The topological polar surface area (TPSA) is 124 Å². The molecule has 0 aliphatic heterocycles. The van der Waals surface area contributed by atoms with Gasteiger partial charge in [-0.25, -0.2) is 26.9 Å². The Labute approximate surface area is 227 Å². The first-order valence-corrected chi connectivity index (χ1v) is 15.1. The average Bonchev–Trinajstić information content (AvgIpc) is 3.14. The van der Waals surface area contributed by atoms with Crippen LogP contribution in [-0.4, -0.2) is 67.4 Å². The molecule has 0 saturated heterocycles. The van der Waals surface area contributed by atoms with Crippen LogP contribution in [0.3, 0.4) is 0 Å². The number of nitrogens with one attached hydrogen (secondary N) is 3. The van der Waals surface area contributed by atoms with Crippen LogP contribution >= 0.6 is 11.3 Å². The number of hydrogen-bond donors (Lipinski definition) is 4. The second-order valence-electron chi connectivity index (χ2n) is 10.5. The van der Waals surface area contributed by atoms with Gasteiger partial charge in [0.2, 0.25) is 15.8 Å². The minimum atomic E-state index is -3.34. The zero-order chi connectivity index (χ0) is 28.2. The number of carbonyl (C=O) groups is 1. The van der Waals surface area contributed by atoms with Crippen molar-refractivity contribution in [1.29, 1.82) is 0 Å². The van der Waals surface area contributed by atoms with E-state index >= 15 is 0 Å². The average molecular weight is 574 g/mol. The lowest BCUT2D eigenvalue weighted by molar-refractivity contribution is 0.103. The van der Waals surface area contributed by atoms with Crippen molar-refractivity contribution < 1.29 is 27.1 Å². The molecule has 0 spiro atoms. The Morgan fingerprint density at radius 3 is 2.24 bits per heavy atom. The largest absolute Gasteiger partial charge is 0.374 e. The number of thiazole rings is 1. The smallest absolute Gasteiger partial charge is 0.212 e. The molecule has 4 N–H and O–H groups in total. The van der Waals surface area contributed by atoms with Crippen LogP contribution in [0.4, 0.5) is 19.7 Å². The molecule has 212 valence electrons. The van der Waals surface area contributed by atoms with E-state index < -0.39 is 39.2 Å². The molecule has 0 radical (unpaired) electrons.